The first kappa shape index (κ1) is 12.3. The van der Waals surface area contributed by atoms with E-state index in [1.165, 1.54) is 11.8 Å². The van der Waals surface area contributed by atoms with E-state index in [2.05, 4.69) is 17.0 Å². The van der Waals surface area contributed by atoms with E-state index in [0.29, 0.717) is 11.5 Å². The predicted octanol–water partition coefficient (Wildman–Crippen LogP) is 2.23. The van der Waals surface area contributed by atoms with Gasteiger partial charge in [-0.15, -0.1) is 0 Å². The third-order valence-electron chi connectivity index (χ3n) is 2.81. The second kappa shape index (κ2) is 5.00. The average molecular weight is 245 g/mol. The van der Waals surface area contributed by atoms with Crippen LogP contribution in [0.25, 0.3) is 5.82 Å². The number of aromatic carboxylic acids is 1. The van der Waals surface area contributed by atoms with Crippen LogP contribution in [0.1, 0.15) is 35.0 Å². The summed E-state index contributed by atoms with van der Waals surface area (Å²) in [5.41, 5.74) is 1.96. The lowest BCUT2D eigenvalue weighted by atomic mass is 10.2. The van der Waals surface area contributed by atoms with Gasteiger partial charge in [0.1, 0.15) is 5.56 Å². The number of aryl methyl sites for hydroxylation is 1. The van der Waals surface area contributed by atoms with Crippen LogP contribution in [0.15, 0.2) is 24.5 Å². The molecule has 0 spiro atoms. The minimum atomic E-state index is -0.971. The van der Waals surface area contributed by atoms with Gasteiger partial charge in [0.05, 0.1) is 11.9 Å². The number of carboxylic acids is 1. The molecule has 2 aromatic rings. The number of hydrogen-bond donors (Lipinski definition) is 1. The first-order valence-corrected chi connectivity index (χ1v) is 5.86. The highest BCUT2D eigenvalue weighted by molar-refractivity contribution is 5.88. The highest BCUT2D eigenvalue weighted by Crippen LogP contribution is 2.13. The maximum atomic E-state index is 10.9. The molecule has 18 heavy (non-hydrogen) atoms. The van der Waals surface area contributed by atoms with Gasteiger partial charge in [0.25, 0.3) is 0 Å². The summed E-state index contributed by atoms with van der Waals surface area (Å²) in [6.07, 6.45) is 5.22. The lowest BCUT2D eigenvalue weighted by molar-refractivity contribution is 0.0696. The van der Waals surface area contributed by atoms with E-state index in [-0.39, 0.29) is 5.56 Å². The van der Waals surface area contributed by atoms with Gasteiger partial charge in [-0.3, -0.25) is 0 Å². The van der Waals surface area contributed by atoms with Gasteiger partial charge in [0.2, 0.25) is 0 Å². The van der Waals surface area contributed by atoms with Crippen LogP contribution in [0.5, 0.6) is 0 Å². The molecule has 0 saturated heterocycles. The van der Waals surface area contributed by atoms with Crippen molar-refractivity contribution in [2.45, 2.75) is 26.7 Å². The zero-order valence-electron chi connectivity index (χ0n) is 10.4. The topological polar surface area (TPSA) is 68.0 Å². The first-order valence-electron chi connectivity index (χ1n) is 5.86. The Balaban J connectivity index is 2.34. The number of aromatic nitrogens is 3. The van der Waals surface area contributed by atoms with E-state index >= 15 is 0 Å². The number of pyridine rings is 1. The van der Waals surface area contributed by atoms with Crippen LogP contribution in [0.3, 0.4) is 0 Å². The van der Waals surface area contributed by atoms with Crippen molar-refractivity contribution in [1.82, 2.24) is 14.8 Å². The van der Waals surface area contributed by atoms with E-state index in [4.69, 9.17) is 5.11 Å². The summed E-state index contributed by atoms with van der Waals surface area (Å²) in [7, 11) is 0. The smallest absolute Gasteiger partial charge is 0.339 e. The molecule has 0 aliphatic rings. The number of hydrogen-bond acceptors (Lipinski definition) is 3. The molecule has 0 atom stereocenters. The van der Waals surface area contributed by atoms with Crippen molar-refractivity contribution in [3.63, 3.8) is 0 Å². The molecule has 0 radical (unpaired) electrons. The molecule has 0 aliphatic heterocycles. The summed E-state index contributed by atoms with van der Waals surface area (Å²) < 4.78 is 1.54. The van der Waals surface area contributed by atoms with Gasteiger partial charge in [-0.2, -0.15) is 5.10 Å². The average Bonchev–Trinajstić information content (AvgIpc) is 2.73. The van der Waals surface area contributed by atoms with Crippen LogP contribution in [-0.2, 0) is 6.42 Å². The van der Waals surface area contributed by atoms with E-state index in [9.17, 15) is 4.79 Å². The van der Waals surface area contributed by atoms with Gasteiger partial charge in [-0.05, 0) is 25.0 Å². The van der Waals surface area contributed by atoms with Crippen molar-refractivity contribution in [1.29, 1.82) is 0 Å². The Morgan fingerprint density at radius 1 is 1.39 bits per heavy atom. The van der Waals surface area contributed by atoms with Crippen LogP contribution < -0.4 is 0 Å². The maximum absolute atomic E-state index is 10.9. The predicted molar refractivity (Wildman–Crippen MR) is 67.1 cm³/mol. The third-order valence-corrected chi connectivity index (χ3v) is 2.81. The van der Waals surface area contributed by atoms with Gasteiger partial charge in [-0.1, -0.05) is 19.4 Å². The van der Waals surface area contributed by atoms with Crippen molar-refractivity contribution in [3.05, 3.63) is 41.3 Å². The van der Waals surface area contributed by atoms with Gasteiger partial charge in [0.15, 0.2) is 5.82 Å². The second-order valence-corrected chi connectivity index (χ2v) is 4.14. The molecule has 2 rings (SSSR count). The van der Waals surface area contributed by atoms with Crippen LogP contribution in [0.2, 0.25) is 0 Å². The van der Waals surface area contributed by atoms with Crippen molar-refractivity contribution in [2.24, 2.45) is 0 Å². The Hall–Kier alpha value is -2.17. The van der Waals surface area contributed by atoms with Crippen LogP contribution in [0, 0.1) is 6.92 Å². The molecule has 5 heteroatoms. The normalized spacial score (nSPS) is 10.6. The molecule has 0 aliphatic carbocycles. The molecule has 2 aromatic heterocycles. The number of carboxylic acid groups (broad SMARTS) is 1. The number of rotatable bonds is 4. The molecule has 0 bridgehead atoms. The summed E-state index contributed by atoms with van der Waals surface area (Å²) in [6, 6.07) is 3.85. The van der Waals surface area contributed by atoms with Gasteiger partial charge < -0.3 is 5.11 Å². The molecule has 0 saturated carbocycles. The minimum Gasteiger partial charge on any atom is -0.478 e. The van der Waals surface area contributed by atoms with Gasteiger partial charge >= 0.3 is 5.97 Å². The van der Waals surface area contributed by atoms with Crippen molar-refractivity contribution in [2.75, 3.05) is 0 Å². The van der Waals surface area contributed by atoms with Crippen molar-refractivity contribution in [3.8, 4) is 5.82 Å². The Bertz CT molecular complexity index is 558. The highest BCUT2D eigenvalue weighted by atomic mass is 16.4. The lowest BCUT2D eigenvalue weighted by Crippen LogP contribution is -2.04. The molecule has 2 heterocycles. The Morgan fingerprint density at radius 2 is 2.17 bits per heavy atom. The lowest BCUT2D eigenvalue weighted by Gasteiger charge is -2.04. The molecule has 0 amide bonds. The van der Waals surface area contributed by atoms with Crippen molar-refractivity contribution < 1.29 is 9.90 Å². The van der Waals surface area contributed by atoms with Gasteiger partial charge in [0, 0.05) is 6.20 Å². The van der Waals surface area contributed by atoms with Gasteiger partial charge in [-0.25, -0.2) is 14.5 Å². The summed E-state index contributed by atoms with van der Waals surface area (Å²) >= 11 is 0. The Morgan fingerprint density at radius 3 is 2.67 bits per heavy atom. The van der Waals surface area contributed by atoms with Crippen LogP contribution in [-0.4, -0.2) is 25.8 Å². The molecule has 0 unspecified atom stereocenters. The van der Waals surface area contributed by atoms with E-state index in [0.717, 1.165) is 12.8 Å². The number of carbonyl (C=O) groups is 1. The standard InChI is InChI=1S/C13H15N3O2/c1-3-4-10-5-6-12(14-7-10)16-9(2)11(8-15-16)13(17)18/h5-8H,3-4H2,1-2H3,(H,17,18). The van der Waals surface area contributed by atoms with E-state index < -0.39 is 5.97 Å². The van der Waals surface area contributed by atoms with E-state index in [1.54, 1.807) is 17.8 Å². The molecule has 1 N–H and O–H groups in total. The van der Waals surface area contributed by atoms with Crippen molar-refractivity contribution >= 4 is 5.97 Å². The minimum absolute atomic E-state index is 0.203. The summed E-state index contributed by atoms with van der Waals surface area (Å²) in [5.74, 6) is -0.332. The summed E-state index contributed by atoms with van der Waals surface area (Å²) in [5, 5.41) is 13.0. The molecule has 0 aromatic carbocycles. The largest absolute Gasteiger partial charge is 0.478 e. The summed E-state index contributed by atoms with van der Waals surface area (Å²) in [4.78, 5) is 15.2. The molecular formula is C13H15N3O2. The third kappa shape index (κ3) is 2.25. The molecular weight excluding hydrogens is 230 g/mol. The van der Waals surface area contributed by atoms with Crippen LogP contribution >= 0.6 is 0 Å². The Kier molecular flexibility index (Phi) is 3.41. The second-order valence-electron chi connectivity index (χ2n) is 4.14. The Labute approximate surface area is 105 Å². The quantitative estimate of drug-likeness (QED) is 0.896. The first-order chi connectivity index (χ1) is 8.63. The van der Waals surface area contributed by atoms with E-state index in [1.807, 2.05) is 12.1 Å². The maximum Gasteiger partial charge on any atom is 0.339 e. The fraction of sp³-hybridized carbons (Fsp3) is 0.308. The summed E-state index contributed by atoms with van der Waals surface area (Å²) in [6.45, 7) is 3.84. The molecule has 94 valence electrons. The zero-order valence-corrected chi connectivity index (χ0v) is 10.4. The highest BCUT2D eigenvalue weighted by Gasteiger charge is 2.14. The monoisotopic (exact) mass is 245 g/mol. The number of nitrogens with zero attached hydrogens (tertiary/aromatic N) is 3. The fourth-order valence-electron chi connectivity index (χ4n) is 1.83. The molecule has 5 nitrogen and oxygen atoms in total. The zero-order chi connectivity index (χ0) is 13.1. The molecule has 0 fully saturated rings. The fourth-order valence-corrected chi connectivity index (χ4v) is 1.83. The SMILES string of the molecule is CCCc1ccc(-n2ncc(C(=O)O)c2C)nc1. The van der Waals surface area contributed by atoms with Crippen LogP contribution in [0.4, 0.5) is 0 Å².